The number of benzene rings is 3. The molecule has 1 saturated carbocycles. The van der Waals surface area contributed by atoms with E-state index in [4.69, 9.17) is 15.1 Å². The second-order valence-corrected chi connectivity index (χ2v) is 9.77. The van der Waals surface area contributed by atoms with Crippen molar-refractivity contribution >= 4 is 29.3 Å². The second-order valence-electron chi connectivity index (χ2n) is 9.77. The molecule has 1 aliphatic rings. The van der Waals surface area contributed by atoms with E-state index in [1.165, 1.54) is 54.0 Å². The summed E-state index contributed by atoms with van der Waals surface area (Å²) in [5, 5.41) is 29.6. The summed E-state index contributed by atoms with van der Waals surface area (Å²) in [6.07, 6.45) is 5.25. The SMILES string of the molecule is O=C(O)CCNC(=O)c1ccc(CN(C(=O)Oc2ccc(N([O-])[OH2+])cc2)c2ccc(C3CCCCC3)cc2)cc1. The zero-order valence-corrected chi connectivity index (χ0v) is 22.0. The largest absolute Gasteiger partial charge is 0.694 e. The molecule has 4 N–H and O–H groups in total. The monoisotopic (exact) mass is 547 g/mol. The topological polar surface area (TPSA) is 145 Å². The first-order valence-corrected chi connectivity index (χ1v) is 13.3. The molecule has 210 valence electrons. The summed E-state index contributed by atoms with van der Waals surface area (Å²) in [7, 11) is 0. The average Bonchev–Trinajstić information content (AvgIpc) is 2.97. The number of hydrogen-bond donors (Lipinski definition) is 2. The minimum Gasteiger partial charge on any atom is -0.694 e. The Labute approximate surface area is 232 Å². The third-order valence-corrected chi connectivity index (χ3v) is 6.96. The predicted octanol–water partition coefficient (Wildman–Crippen LogP) is 5.09. The van der Waals surface area contributed by atoms with Crippen LogP contribution < -0.4 is 20.2 Å². The molecule has 0 heterocycles. The van der Waals surface area contributed by atoms with Crippen LogP contribution in [-0.4, -0.2) is 34.8 Å². The highest BCUT2D eigenvalue weighted by molar-refractivity contribution is 5.94. The van der Waals surface area contributed by atoms with Gasteiger partial charge >= 0.3 is 12.1 Å². The molecule has 0 aromatic heterocycles. The zero-order valence-electron chi connectivity index (χ0n) is 22.0. The molecule has 0 aliphatic heterocycles. The summed E-state index contributed by atoms with van der Waals surface area (Å²) in [5.41, 5.74) is 3.14. The molecule has 3 aromatic carbocycles. The second kappa shape index (κ2) is 13.6. The molecule has 3 aromatic rings. The van der Waals surface area contributed by atoms with E-state index in [9.17, 15) is 19.6 Å². The molecule has 0 saturated heterocycles. The Morgan fingerprint density at radius 2 is 1.52 bits per heavy atom. The van der Waals surface area contributed by atoms with Gasteiger partial charge in [-0.05, 0) is 78.4 Å². The first-order valence-electron chi connectivity index (χ1n) is 13.3. The molecule has 10 heteroatoms. The maximum Gasteiger partial charge on any atom is 0.420 e. The Kier molecular flexibility index (Phi) is 9.71. The smallest absolute Gasteiger partial charge is 0.420 e. The van der Waals surface area contributed by atoms with Crippen LogP contribution in [0.4, 0.5) is 16.2 Å². The number of carbonyl (C=O) groups excluding carboxylic acids is 2. The minimum atomic E-state index is -0.992. The lowest BCUT2D eigenvalue weighted by Crippen LogP contribution is -2.33. The fraction of sp³-hybridized carbons (Fsp3) is 0.300. The van der Waals surface area contributed by atoms with Gasteiger partial charge in [-0.25, -0.2) is 4.79 Å². The zero-order chi connectivity index (χ0) is 28.5. The molecule has 10 nitrogen and oxygen atoms in total. The summed E-state index contributed by atoms with van der Waals surface area (Å²) in [6.45, 7) is 0.198. The van der Waals surface area contributed by atoms with Gasteiger partial charge in [0.05, 0.1) is 18.7 Å². The number of hydrogen-bond acceptors (Lipinski definition) is 6. The molecule has 0 bridgehead atoms. The van der Waals surface area contributed by atoms with E-state index in [0.717, 1.165) is 18.4 Å². The van der Waals surface area contributed by atoms with Crippen molar-refractivity contribution in [2.75, 3.05) is 16.7 Å². The van der Waals surface area contributed by atoms with Crippen molar-refractivity contribution in [3.8, 4) is 5.75 Å². The van der Waals surface area contributed by atoms with Crippen LogP contribution in [0.2, 0.25) is 0 Å². The summed E-state index contributed by atoms with van der Waals surface area (Å²) in [6, 6.07) is 20.3. The van der Waals surface area contributed by atoms with Gasteiger partial charge in [-0.3, -0.25) is 14.5 Å². The first-order chi connectivity index (χ1) is 19.3. The molecule has 1 aliphatic carbocycles. The van der Waals surface area contributed by atoms with E-state index in [1.54, 1.807) is 24.3 Å². The van der Waals surface area contributed by atoms with Gasteiger partial charge in [0.25, 0.3) is 5.91 Å². The molecule has 1 fully saturated rings. The lowest BCUT2D eigenvalue weighted by atomic mass is 9.84. The Hall–Kier alpha value is -4.41. The van der Waals surface area contributed by atoms with Crippen molar-refractivity contribution in [2.45, 2.75) is 51.0 Å². The van der Waals surface area contributed by atoms with Gasteiger partial charge in [0.1, 0.15) is 5.75 Å². The lowest BCUT2D eigenvalue weighted by molar-refractivity contribution is -0.136. The lowest BCUT2D eigenvalue weighted by Gasteiger charge is -2.25. The van der Waals surface area contributed by atoms with Crippen LogP contribution in [0.15, 0.2) is 72.8 Å². The molecular weight excluding hydrogens is 514 g/mol. The van der Waals surface area contributed by atoms with Crippen molar-refractivity contribution < 1.29 is 29.4 Å². The first kappa shape index (κ1) is 28.6. The van der Waals surface area contributed by atoms with E-state index in [0.29, 0.717) is 17.2 Å². The third kappa shape index (κ3) is 7.81. The number of anilines is 2. The molecular formula is C30H33N3O7. The highest BCUT2D eigenvalue weighted by Crippen LogP contribution is 2.33. The number of carbonyl (C=O) groups is 3. The summed E-state index contributed by atoms with van der Waals surface area (Å²) >= 11 is 0. The number of nitrogens with one attached hydrogen (secondary N) is 1. The number of aliphatic carboxylic acids is 1. The fourth-order valence-electron chi connectivity index (χ4n) is 4.76. The molecule has 0 unspecified atom stereocenters. The van der Waals surface area contributed by atoms with Gasteiger partial charge in [-0.1, -0.05) is 43.5 Å². The molecule has 4 rings (SSSR count). The number of carboxylic acids is 1. The van der Waals surface area contributed by atoms with Crippen LogP contribution in [0.3, 0.4) is 0 Å². The molecule has 0 spiro atoms. The average molecular weight is 548 g/mol. The van der Waals surface area contributed by atoms with Crippen molar-refractivity contribution in [3.63, 3.8) is 0 Å². The van der Waals surface area contributed by atoms with Gasteiger partial charge in [-0.15, -0.1) is 0 Å². The van der Waals surface area contributed by atoms with Crippen LogP contribution in [0.25, 0.3) is 0 Å². The Morgan fingerprint density at radius 1 is 0.900 bits per heavy atom. The number of rotatable bonds is 10. The van der Waals surface area contributed by atoms with Crippen molar-refractivity contribution in [1.82, 2.24) is 5.32 Å². The van der Waals surface area contributed by atoms with Gasteiger partial charge in [0.15, 0.2) is 0 Å². The van der Waals surface area contributed by atoms with Crippen molar-refractivity contribution in [1.29, 1.82) is 0 Å². The van der Waals surface area contributed by atoms with Gasteiger partial charge in [-0.2, -0.15) is 5.23 Å². The van der Waals surface area contributed by atoms with Gasteiger partial charge in [0, 0.05) is 17.8 Å². The Balaban J connectivity index is 1.51. The number of ether oxygens (including phenoxy) is 1. The summed E-state index contributed by atoms with van der Waals surface area (Å²) in [4.78, 5) is 37.8. The predicted molar refractivity (Wildman–Crippen MR) is 151 cm³/mol. The Bertz CT molecular complexity index is 1290. The van der Waals surface area contributed by atoms with Gasteiger partial charge < -0.3 is 25.6 Å². The third-order valence-electron chi connectivity index (χ3n) is 6.96. The van der Waals surface area contributed by atoms with Crippen LogP contribution in [0, 0.1) is 5.21 Å². The van der Waals surface area contributed by atoms with E-state index in [2.05, 4.69) is 17.4 Å². The van der Waals surface area contributed by atoms with E-state index < -0.39 is 12.1 Å². The number of carboxylic acid groups (broad SMARTS) is 1. The molecule has 40 heavy (non-hydrogen) atoms. The molecule has 2 amide bonds. The quantitative estimate of drug-likeness (QED) is 0.266. The van der Waals surface area contributed by atoms with Crippen LogP contribution >= 0.6 is 0 Å². The van der Waals surface area contributed by atoms with Crippen LogP contribution in [0.5, 0.6) is 5.75 Å². The summed E-state index contributed by atoms with van der Waals surface area (Å²) in [5.74, 6) is -0.620. The maximum atomic E-state index is 13.4. The minimum absolute atomic E-state index is 0.0259. The number of amides is 2. The normalized spacial score (nSPS) is 13.3. The van der Waals surface area contributed by atoms with E-state index in [-0.39, 0.29) is 42.1 Å². The Morgan fingerprint density at radius 3 is 2.12 bits per heavy atom. The maximum absolute atomic E-state index is 13.4. The van der Waals surface area contributed by atoms with Crippen molar-refractivity contribution in [3.05, 3.63) is 94.7 Å². The fourth-order valence-corrected chi connectivity index (χ4v) is 4.76. The molecule has 0 radical (unpaired) electrons. The standard InChI is InChI=1S/C30H32N3O7/c34-28(35)18-19-31-29(36)24-8-6-21(7-9-24)20-32(30(37)40-27-16-14-26(15-17-27)33(38)39)25-12-10-23(11-13-25)22-4-2-1-3-5-22/h6-17,22,38H,1-5,18-20H2,(H,31,36)(H,34,35)/q-1/p+1. The van der Waals surface area contributed by atoms with Crippen LogP contribution in [-0.2, 0) is 11.3 Å². The summed E-state index contributed by atoms with van der Waals surface area (Å²) < 4.78 is 5.60. The van der Waals surface area contributed by atoms with E-state index >= 15 is 0 Å². The highest BCUT2D eigenvalue weighted by Gasteiger charge is 2.21. The van der Waals surface area contributed by atoms with Gasteiger partial charge in [0.2, 0.25) is 0 Å². The number of nitrogens with zero attached hydrogens (tertiary/aromatic N) is 2. The van der Waals surface area contributed by atoms with E-state index in [1.807, 2.05) is 12.1 Å². The highest BCUT2D eigenvalue weighted by atomic mass is 16.8. The molecule has 0 atom stereocenters. The van der Waals surface area contributed by atoms with Crippen molar-refractivity contribution in [2.24, 2.45) is 0 Å². The van der Waals surface area contributed by atoms with Crippen LogP contribution in [0.1, 0.15) is 65.9 Å².